The van der Waals surface area contributed by atoms with Gasteiger partial charge in [0.05, 0.1) is 30.1 Å². The highest BCUT2D eigenvalue weighted by molar-refractivity contribution is 9.10. The lowest BCUT2D eigenvalue weighted by Gasteiger charge is -2.14. The Kier molecular flexibility index (Phi) is 5.24. The highest BCUT2D eigenvalue weighted by Gasteiger charge is 2.19. The maximum atomic E-state index is 13.8. The molecule has 0 aliphatic carbocycles. The number of ether oxygens (including phenoxy) is 1. The van der Waals surface area contributed by atoms with Crippen LogP contribution in [-0.4, -0.2) is 21.6 Å². The smallest absolute Gasteiger partial charge is 0.269 e. The third kappa shape index (κ3) is 3.47. The fraction of sp³-hybridized carbons (Fsp3) is 0.0417. The molecule has 0 bridgehead atoms. The maximum absolute atomic E-state index is 13.8. The van der Waals surface area contributed by atoms with Gasteiger partial charge in [-0.05, 0) is 54.7 Å². The number of aromatic amines is 1. The number of hydrogen-bond acceptors (Lipinski definition) is 5. The van der Waals surface area contributed by atoms with Crippen LogP contribution in [0.5, 0.6) is 5.75 Å². The lowest BCUT2D eigenvalue weighted by Crippen LogP contribution is -2.22. The third-order valence-electron chi connectivity index (χ3n) is 5.12. The number of H-pyrrole nitrogens is 1. The monoisotopic (exact) mass is 505 g/mol. The zero-order valence-corrected chi connectivity index (χ0v) is 19.2. The number of rotatable bonds is 4. The number of benzene rings is 2. The van der Waals surface area contributed by atoms with Gasteiger partial charge < -0.3 is 14.1 Å². The molecule has 0 saturated heterocycles. The summed E-state index contributed by atoms with van der Waals surface area (Å²) in [5.74, 6) is 1.09. The molecule has 0 spiro atoms. The number of nitrogens with zero attached hydrogens (tertiary/aromatic N) is 2. The molecule has 0 fully saturated rings. The van der Waals surface area contributed by atoms with Gasteiger partial charge in [-0.25, -0.2) is 9.55 Å². The van der Waals surface area contributed by atoms with Crippen LogP contribution in [0.1, 0.15) is 0 Å². The van der Waals surface area contributed by atoms with Crippen molar-refractivity contribution in [1.82, 2.24) is 14.5 Å². The van der Waals surface area contributed by atoms with Crippen LogP contribution >= 0.6 is 28.1 Å². The molecular formula is C24H16BrN3O3S. The minimum Gasteiger partial charge on any atom is -0.495 e. The second kappa shape index (κ2) is 8.22. The van der Waals surface area contributed by atoms with Crippen molar-refractivity contribution in [2.75, 3.05) is 7.11 Å². The molecule has 0 aliphatic rings. The van der Waals surface area contributed by atoms with Crippen molar-refractivity contribution in [3.63, 3.8) is 0 Å². The van der Waals surface area contributed by atoms with Gasteiger partial charge in [0, 0.05) is 15.6 Å². The maximum Gasteiger partial charge on any atom is 0.269 e. The SMILES string of the molecule is COc1ccccc1-n1c(=S)[nH]c2nc(-c3ccc(Br)cc3)cc(-c3ccco3)c2c1=O. The zero-order chi connectivity index (χ0) is 22.2. The van der Waals surface area contributed by atoms with Crippen LogP contribution in [0.4, 0.5) is 0 Å². The molecule has 2 aromatic carbocycles. The molecule has 8 heteroatoms. The Morgan fingerprint density at radius 1 is 1.09 bits per heavy atom. The van der Waals surface area contributed by atoms with Gasteiger partial charge in [-0.15, -0.1) is 0 Å². The summed E-state index contributed by atoms with van der Waals surface area (Å²) in [4.78, 5) is 21.6. The van der Waals surface area contributed by atoms with Crippen LogP contribution < -0.4 is 10.3 Å². The number of para-hydroxylation sites is 2. The standard InChI is InChI=1S/C24H16BrN3O3S/c1-30-20-6-3-2-5-18(20)28-23(29)21-16(19-7-4-12-31-19)13-17(26-22(21)27-24(28)32)14-8-10-15(25)11-9-14/h2-13H,1H3,(H,26,27,32). The highest BCUT2D eigenvalue weighted by Crippen LogP contribution is 2.31. The Balaban J connectivity index is 1.87. The number of pyridine rings is 1. The fourth-order valence-electron chi connectivity index (χ4n) is 3.64. The van der Waals surface area contributed by atoms with Crippen LogP contribution in [0.25, 0.3) is 39.3 Å². The summed E-state index contributed by atoms with van der Waals surface area (Å²) in [6.45, 7) is 0. The van der Waals surface area contributed by atoms with Crippen LogP contribution in [0.2, 0.25) is 0 Å². The lowest BCUT2D eigenvalue weighted by atomic mass is 10.0. The van der Waals surface area contributed by atoms with E-state index >= 15 is 0 Å². The number of halogens is 1. The summed E-state index contributed by atoms with van der Waals surface area (Å²) in [7, 11) is 1.55. The van der Waals surface area contributed by atoms with Gasteiger partial charge in [-0.3, -0.25) is 4.79 Å². The van der Waals surface area contributed by atoms with Gasteiger partial charge in [-0.2, -0.15) is 0 Å². The molecule has 1 N–H and O–H groups in total. The molecule has 0 amide bonds. The van der Waals surface area contributed by atoms with E-state index in [2.05, 4.69) is 20.9 Å². The van der Waals surface area contributed by atoms with E-state index < -0.39 is 0 Å². The van der Waals surface area contributed by atoms with Crippen molar-refractivity contribution in [2.45, 2.75) is 0 Å². The first kappa shape index (κ1) is 20.4. The number of furan rings is 1. The molecule has 0 radical (unpaired) electrons. The van der Waals surface area contributed by atoms with E-state index in [1.165, 1.54) is 4.57 Å². The van der Waals surface area contributed by atoms with Gasteiger partial charge >= 0.3 is 0 Å². The Bertz CT molecular complexity index is 1560. The van der Waals surface area contributed by atoms with Crippen LogP contribution in [0, 0.1) is 4.77 Å². The summed E-state index contributed by atoms with van der Waals surface area (Å²) in [5, 5.41) is 0.375. The first-order chi connectivity index (χ1) is 15.6. The van der Waals surface area contributed by atoms with Crippen LogP contribution in [-0.2, 0) is 0 Å². The Labute approximate surface area is 196 Å². The Hall–Kier alpha value is -3.49. The molecule has 0 atom stereocenters. The summed E-state index contributed by atoms with van der Waals surface area (Å²) in [5.41, 5.74) is 2.84. The molecule has 3 heterocycles. The molecule has 0 unspecified atom stereocenters. The minimum atomic E-state index is -0.311. The number of hydrogen-bond donors (Lipinski definition) is 1. The van der Waals surface area contributed by atoms with E-state index in [-0.39, 0.29) is 10.3 Å². The molecule has 5 aromatic rings. The lowest BCUT2D eigenvalue weighted by molar-refractivity contribution is 0.412. The van der Waals surface area contributed by atoms with Gasteiger partial charge in [0.1, 0.15) is 17.2 Å². The second-order valence-corrected chi connectivity index (χ2v) is 8.31. The van der Waals surface area contributed by atoms with E-state index in [0.29, 0.717) is 39.5 Å². The van der Waals surface area contributed by atoms with Gasteiger partial charge in [0.25, 0.3) is 5.56 Å². The second-order valence-electron chi connectivity index (χ2n) is 7.01. The summed E-state index contributed by atoms with van der Waals surface area (Å²) in [6.07, 6.45) is 1.57. The molecule has 0 aliphatic heterocycles. The quantitative estimate of drug-likeness (QED) is 0.297. The largest absolute Gasteiger partial charge is 0.495 e. The summed E-state index contributed by atoms with van der Waals surface area (Å²) in [6, 6.07) is 20.5. The van der Waals surface area contributed by atoms with Crippen molar-refractivity contribution in [1.29, 1.82) is 0 Å². The van der Waals surface area contributed by atoms with Crippen molar-refractivity contribution < 1.29 is 9.15 Å². The van der Waals surface area contributed by atoms with Gasteiger partial charge in [0.2, 0.25) is 0 Å². The minimum absolute atomic E-state index is 0.220. The third-order valence-corrected chi connectivity index (χ3v) is 5.93. The first-order valence-corrected chi connectivity index (χ1v) is 10.9. The van der Waals surface area contributed by atoms with Crippen molar-refractivity contribution >= 4 is 39.2 Å². The summed E-state index contributed by atoms with van der Waals surface area (Å²) < 4.78 is 13.7. The van der Waals surface area contributed by atoms with E-state index in [0.717, 1.165) is 10.0 Å². The highest BCUT2D eigenvalue weighted by atomic mass is 79.9. The van der Waals surface area contributed by atoms with Crippen molar-refractivity contribution in [2.24, 2.45) is 0 Å². The average Bonchev–Trinajstić information content (AvgIpc) is 3.34. The molecule has 3 aromatic heterocycles. The van der Waals surface area contributed by atoms with Gasteiger partial charge in [0.15, 0.2) is 4.77 Å². The average molecular weight is 506 g/mol. The number of fused-ring (bicyclic) bond motifs is 1. The molecule has 0 saturated carbocycles. The molecular weight excluding hydrogens is 490 g/mol. The predicted octanol–water partition coefficient (Wildman–Crippen LogP) is 6.14. The van der Waals surface area contributed by atoms with Crippen LogP contribution in [0.3, 0.4) is 0 Å². The van der Waals surface area contributed by atoms with E-state index in [9.17, 15) is 4.79 Å². The van der Waals surface area contributed by atoms with Crippen LogP contribution in [0.15, 0.2) is 86.7 Å². The van der Waals surface area contributed by atoms with E-state index in [4.69, 9.17) is 26.4 Å². The fourth-order valence-corrected chi connectivity index (χ4v) is 4.18. The number of methoxy groups -OCH3 is 1. The molecule has 32 heavy (non-hydrogen) atoms. The summed E-state index contributed by atoms with van der Waals surface area (Å²) >= 11 is 9.01. The number of aromatic nitrogens is 3. The molecule has 158 valence electrons. The van der Waals surface area contributed by atoms with E-state index in [1.807, 2.05) is 48.5 Å². The Morgan fingerprint density at radius 2 is 1.88 bits per heavy atom. The Morgan fingerprint density at radius 3 is 2.59 bits per heavy atom. The van der Waals surface area contributed by atoms with Crippen molar-refractivity contribution in [3.8, 4) is 34.0 Å². The van der Waals surface area contributed by atoms with Crippen molar-refractivity contribution in [3.05, 3.63) is 92.6 Å². The molecule has 6 nitrogen and oxygen atoms in total. The van der Waals surface area contributed by atoms with Gasteiger partial charge in [-0.1, -0.05) is 40.2 Å². The molecule has 5 rings (SSSR count). The first-order valence-electron chi connectivity index (χ1n) is 9.70. The topological polar surface area (TPSA) is 73.1 Å². The number of nitrogens with one attached hydrogen (secondary N) is 1. The normalized spacial score (nSPS) is 11.1. The predicted molar refractivity (Wildman–Crippen MR) is 130 cm³/mol. The van der Waals surface area contributed by atoms with E-state index in [1.54, 1.807) is 31.6 Å². The zero-order valence-electron chi connectivity index (χ0n) is 16.8.